The van der Waals surface area contributed by atoms with E-state index in [0.717, 1.165) is 64.9 Å². The lowest BCUT2D eigenvalue weighted by molar-refractivity contribution is -0.124. The lowest BCUT2D eigenvalue weighted by atomic mass is 9.98. The van der Waals surface area contributed by atoms with Crippen molar-refractivity contribution in [2.45, 2.75) is 19.8 Å². The summed E-state index contributed by atoms with van der Waals surface area (Å²) in [6, 6.07) is 11.8. The van der Waals surface area contributed by atoms with E-state index < -0.39 is 0 Å². The summed E-state index contributed by atoms with van der Waals surface area (Å²) in [5, 5.41) is 0.951. The average molecular weight is 391 g/mol. The minimum atomic E-state index is 0.0549. The lowest BCUT2D eigenvalue weighted by Gasteiger charge is -2.14. The number of allylic oxidation sites excluding steroid dienone is 1. The number of furan rings is 1. The van der Waals surface area contributed by atoms with Crippen LogP contribution in [0.4, 0.5) is 0 Å². The van der Waals surface area contributed by atoms with Crippen LogP contribution in [0.15, 0.2) is 53.2 Å². The van der Waals surface area contributed by atoms with Crippen molar-refractivity contribution in [3.63, 3.8) is 0 Å². The summed E-state index contributed by atoms with van der Waals surface area (Å²) in [6.45, 7) is 3.61. The van der Waals surface area contributed by atoms with E-state index in [9.17, 15) is 4.79 Å². The number of methoxy groups -OCH3 is 2. The number of para-hydroxylation sites is 1. The summed E-state index contributed by atoms with van der Waals surface area (Å²) < 4.78 is 16.9. The number of likely N-dealkylation sites (tertiary alicyclic amines) is 1. The fourth-order valence-corrected chi connectivity index (χ4v) is 3.90. The van der Waals surface area contributed by atoms with Gasteiger partial charge in [-0.2, -0.15) is 0 Å². The molecule has 0 unspecified atom stereocenters. The first-order chi connectivity index (χ1) is 14.1. The van der Waals surface area contributed by atoms with Gasteiger partial charge in [-0.3, -0.25) is 4.79 Å². The summed E-state index contributed by atoms with van der Waals surface area (Å²) in [4.78, 5) is 14.5. The van der Waals surface area contributed by atoms with Crippen LogP contribution < -0.4 is 9.47 Å². The predicted molar refractivity (Wildman–Crippen MR) is 114 cm³/mol. The molecule has 0 atom stereocenters. The molecule has 1 fully saturated rings. The highest BCUT2D eigenvalue weighted by Crippen LogP contribution is 2.40. The van der Waals surface area contributed by atoms with Gasteiger partial charge in [0.25, 0.3) is 0 Å². The van der Waals surface area contributed by atoms with Crippen LogP contribution in [-0.2, 0) is 4.79 Å². The van der Waals surface area contributed by atoms with Gasteiger partial charge in [0.2, 0.25) is 5.91 Å². The Balaban J connectivity index is 1.80. The van der Waals surface area contributed by atoms with Crippen molar-refractivity contribution >= 4 is 22.4 Å². The Morgan fingerprint density at radius 2 is 1.76 bits per heavy atom. The van der Waals surface area contributed by atoms with Gasteiger partial charge in [0.15, 0.2) is 0 Å². The largest absolute Gasteiger partial charge is 0.496 e. The van der Waals surface area contributed by atoms with E-state index in [1.54, 1.807) is 26.6 Å². The van der Waals surface area contributed by atoms with Crippen molar-refractivity contribution in [2.24, 2.45) is 0 Å². The Morgan fingerprint density at radius 3 is 2.48 bits per heavy atom. The quantitative estimate of drug-likeness (QED) is 0.565. The molecular formula is C24H25NO4. The van der Waals surface area contributed by atoms with E-state index in [4.69, 9.17) is 13.9 Å². The molecule has 150 valence electrons. The van der Waals surface area contributed by atoms with Crippen LogP contribution in [0.2, 0.25) is 0 Å². The summed E-state index contributed by atoms with van der Waals surface area (Å²) in [5.74, 6) is 1.52. The second-order valence-electron chi connectivity index (χ2n) is 7.26. The molecule has 1 aromatic heterocycles. The molecule has 0 radical (unpaired) electrons. The van der Waals surface area contributed by atoms with Crippen molar-refractivity contribution in [2.75, 3.05) is 27.3 Å². The fourth-order valence-electron chi connectivity index (χ4n) is 3.90. The van der Waals surface area contributed by atoms with Crippen LogP contribution in [0.1, 0.15) is 25.3 Å². The SMILES string of the molecule is COc1cc2occ(-c3ccccc3OC)c2cc1/C(C)=C/C(=O)N1CCCC1. The van der Waals surface area contributed by atoms with Crippen molar-refractivity contribution in [1.29, 1.82) is 0 Å². The number of hydrogen-bond acceptors (Lipinski definition) is 4. The van der Waals surface area contributed by atoms with Crippen LogP contribution in [0, 0.1) is 0 Å². The molecule has 1 saturated heterocycles. The van der Waals surface area contributed by atoms with Crippen molar-refractivity contribution < 1.29 is 18.7 Å². The van der Waals surface area contributed by atoms with Gasteiger partial charge in [-0.05, 0) is 37.5 Å². The third-order valence-electron chi connectivity index (χ3n) is 5.48. The van der Waals surface area contributed by atoms with Gasteiger partial charge in [0.05, 0.1) is 20.5 Å². The number of amides is 1. The normalized spacial score (nSPS) is 14.4. The highest BCUT2D eigenvalue weighted by Gasteiger charge is 2.19. The monoisotopic (exact) mass is 391 g/mol. The van der Waals surface area contributed by atoms with Crippen LogP contribution in [0.5, 0.6) is 11.5 Å². The fraction of sp³-hybridized carbons (Fsp3) is 0.292. The Morgan fingerprint density at radius 1 is 1.03 bits per heavy atom. The molecule has 0 aliphatic carbocycles. The molecule has 2 heterocycles. The van der Waals surface area contributed by atoms with E-state index in [0.29, 0.717) is 5.75 Å². The third kappa shape index (κ3) is 3.60. The van der Waals surface area contributed by atoms with Crippen LogP contribution >= 0.6 is 0 Å². The molecule has 0 N–H and O–H groups in total. The summed E-state index contributed by atoms with van der Waals surface area (Å²) in [6.07, 6.45) is 5.59. The molecule has 1 amide bonds. The second-order valence-corrected chi connectivity index (χ2v) is 7.26. The molecule has 4 rings (SSSR count). The predicted octanol–water partition coefficient (Wildman–Crippen LogP) is 5.14. The van der Waals surface area contributed by atoms with Gasteiger partial charge in [-0.25, -0.2) is 0 Å². The summed E-state index contributed by atoms with van der Waals surface area (Å²) >= 11 is 0. The average Bonchev–Trinajstić information content (AvgIpc) is 3.42. The maximum absolute atomic E-state index is 12.6. The molecule has 0 spiro atoms. The van der Waals surface area contributed by atoms with Gasteiger partial charge < -0.3 is 18.8 Å². The van der Waals surface area contributed by atoms with Crippen molar-refractivity contribution in [1.82, 2.24) is 4.90 Å². The number of carbonyl (C=O) groups excluding carboxylic acids is 1. The van der Waals surface area contributed by atoms with E-state index in [2.05, 4.69) is 0 Å². The van der Waals surface area contributed by atoms with E-state index in [-0.39, 0.29) is 5.91 Å². The number of benzene rings is 2. The van der Waals surface area contributed by atoms with Crippen LogP contribution in [-0.4, -0.2) is 38.1 Å². The number of hydrogen-bond donors (Lipinski definition) is 0. The summed E-state index contributed by atoms with van der Waals surface area (Å²) in [7, 11) is 3.29. The zero-order valence-corrected chi connectivity index (χ0v) is 17.0. The van der Waals surface area contributed by atoms with Gasteiger partial charge >= 0.3 is 0 Å². The van der Waals surface area contributed by atoms with E-state index in [1.165, 1.54) is 0 Å². The Labute approximate surface area is 170 Å². The third-order valence-corrected chi connectivity index (χ3v) is 5.48. The molecule has 1 aliphatic rings. The summed E-state index contributed by atoms with van der Waals surface area (Å²) in [5.41, 5.74) is 4.38. The van der Waals surface area contributed by atoms with E-state index >= 15 is 0 Å². The van der Waals surface area contributed by atoms with Crippen LogP contribution in [0.3, 0.4) is 0 Å². The van der Waals surface area contributed by atoms with Gasteiger partial charge in [0.1, 0.15) is 17.1 Å². The number of nitrogens with zero attached hydrogens (tertiary/aromatic N) is 1. The van der Waals surface area contributed by atoms with Crippen LogP contribution in [0.25, 0.3) is 27.7 Å². The molecule has 2 aromatic carbocycles. The standard InChI is InChI=1S/C24H25NO4/c1-16(12-24(26)25-10-6-7-11-25)18-13-19-20(15-29-23(19)14-22(18)28-3)17-8-4-5-9-21(17)27-2/h4-5,8-9,12-15H,6-7,10-11H2,1-3H3/b16-12+. The molecule has 0 saturated carbocycles. The maximum Gasteiger partial charge on any atom is 0.246 e. The first-order valence-electron chi connectivity index (χ1n) is 9.82. The molecular weight excluding hydrogens is 366 g/mol. The molecule has 1 aliphatic heterocycles. The van der Waals surface area contributed by atoms with Gasteiger partial charge in [-0.15, -0.1) is 0 Å². The first kappa shape index (κ1) is 19.1. The molecule has 3 aromatic rings. The minimum absolute atomic E-state index is 0.0549. The maximum atomic E-state index is 12.6. The molecule has 29 heavy (non-hydrogen) atoms. The van der Waals surface area contributed by atoms with Crippen molar-refractivity contribution in [3.8, 4) is 22.6 Å². The zero-order valence-electron chi connectivity index (χ0n) is 17.0. The first-order valence-corrected chi connectivity index (χ1v) is 9.82. The Kier molecular flexibility index (Phi) is 5.30. The zero-order chi connectivity index (χ0) is 20.4. The lowest BCUT2D eigenvalue weighted by Crippen LogP contribution is -2.25. The number of fused-ring (bicyclic) bond motifs is 1. The van der Waals surface area contributed by atoms with E-state index in [1.807, 2.05) is 48.2 Å². The highest BCUT2D eigenvalue weighted by molar-refractivity contribution is 6.01. The number of carbonyl (C=O) groups is 1. The Hall–Kier alpha value is -3.21. The topological polar surface area (TPSA) is 51.9 Å². The highest BCUT2D eigenvalue weighted by atomic mass is 16.5. The van der Waals surface area contributed by atoms with Gasteiger partial charge in [-0.1, -0.05) is 18.2 Å². The minimum Gasteiger partial charge on any atom is -0.496 e. The van der Waals surface area contributed by atoms with Crippen molar-refractivity contribution in [3.05, 3.63) is 54.3 Å². The van der Waals surface area contributed by atoms with Gasteiger partial charge in [0, 0.05) is 47.3 Å². The molecule has 5 heteroatoms. The smallest absolute Gasteiger partial charge is 0.246 e. The Bertz CT molecular complexity index is 1070. The molecule has 0 bridgehead atoms. The number of ether oxygens (including phenoxy) is 2. The second kappa shape index (κ2) is 8.03. The molecule has 5 nitrogen and oxygen atoms in total. The number of rotatable bonds is 5.